The van der Waals surface area contributed by atoms with Crippen molar-refractivity contribution in [2.75, 3.05) is 6.61 Å². The van der Waals surface area contributed by atoms with Crippen LogP contribution in [0.25, 0.3) is 0 Å². The van der Waals surface area contributed by atoms with Gasteiger partial charge in [0, 0.05) is 0 Å². The van der Waals surface area contributed by atoms with Crippen molar-refractivity contribution in [2.24, 2.45) is 5.92 Å². The van der Waals surface area contributed by atoms with Crippen LogP contribution < -0.4 is 0 Å². The van der Waals surface area contributed by atoms with E-state index in [1.54, 1.807) is 0 Å². The average molecular weight is 345 g/mol. The van der Waals surface area contributed by atoms with Gasteiger partial charge in [-0.25, -0.2) is 0 Å². The second-order valence-corrected chi connectivity index (χ2v) is 14.1. The van der Waals surface area contributed by atoms with Gasteiger partial charge in [0.05, 0.1) is 6.61 Å². The minimum Gasteiger partial charge on any atom is -0.414 e. The summed E-state index contributed by atoms with van der Waals surface area (Å²) in [5.41, 5.74) is -0.999. The summed E-state index contributed by atoms with van der Waals surface area (Å²) < 4.78 is 24.2. The third-order valence-corrected chi connectivity index (χ3v) is 10.5. The van der Waals surface area contributed by atoms with Crippen molar-refractivity contribution in [2.45, 2.75) is 95.5 Å². The molecule has 0 radical (unpaired) electrons. The van der Waals surface area contributed by atoms with Gasteiger partial charge in [-0.15, -0.1) is 0 Å². The summed E-state index contributed by atoms with van der Waals surface area (Å²) >= 11 is 0. The highest BCUT2D eigenvalue weighted by atomic mass is 28.4. The first-order chi connectivity index (χ1) is 10.4. The second kappa shape index (κ2) is 5.26. The predicted octanol–water partition coefficient (Wildman–Crippen LogP) is 3.03. The average Bonchev–Trinajstić information content (AvgIpc) is 3.13. The number of rotatable bonds is 4. The van der Waals surface area contributed by atoms with Crippen molar-refractivity contribution in [1.82, 2.24) is 0 Å². The summed E-state index contributed by atoms with van der Waals surface area (Å²) in [7, 11) is -1.89. The smallest absolute Gasteiger partial charge is 0.192 e. The molecule has 0 bridgehead atoms. The van der Waals surface area contributed by atoms with Gasteiger partial charge in [0.15, 0.2) is 20.4 Å². The number of hydrogen-bond acceptors (Lipinski definition) is 5. The fourth-order valence-corrected chi connectivity index (χ4v) is 4.31. The molecule has 6 heteroatoms. The largest absolute Gasteiger partial charge is 0.414 e. The molecule has 0 spiro atoms. The molecular weight excluding hydrogens is 312 g/mol. The fourth-order valence-electron chi connectivity index (χ4n) is 3.31. The van der Waals surface area contributed by atoms with E-state index in [4.69, 9.17) is 18.6 Å². The highest BCUT2D eigenvalue weighted by Gasteiger charge is 2.67. The molecule has 2 aliphatic heterocycles. The lowest BCUT2D eigenvalue weighted by atomic mass is 9.87. The van der Waals surface area contributed by atoms with Crippen molar-refractivity contribution in [3.8, 4) is 0 Å². The summed E-state index contributed by atoms with van der Waals surface area (Å²) in [4.78, 5) is 0. The van der Waals surface area contributed by atoms with Crippen LogP contribution in [-0.4, -0.2) is 49.9 Å². The molecule has 4 atom stereocenters. The second-order valence-electron chi connectivity index (χ2n) is 9.28. The molecule has 1 aliphatic carbocycles. The molecule has 3 aliphatic rings. The number of fused-ring (bicyclic) bond motifs is 1. The van der Waals surface area contributed by atoms with Gasteiger partial charge < -0.3 is 23.7 Å². The van der Waals surface area contributed by atoms with Gasteiger partial charge in [0.2, 0.25) is 0 Å². The lowest BCUT2D eigenvalue weighted by Gasteiger charge is -2.39. The Kier molecular flexibility index (Phi) is 4.07. The van der Waals surface area contributed by atoms with Crippen molar-refractivity contribution in [1.29, 1.82) is 0 Å². The van der Waals surface area contributed by atoms with Gasteiger partial charge in [0.25, 0.3) is 0 Å². The van der Waals surface area contributed by atoms with Crippen LogP contribution in [0, 0.1) is 5.92 Å². The van der Waals surface area contributed by atoms with Gasteiger partial charge in [-0.05, 0) is 50.7 Å². The Labute approximate surface area is 140 Å². The first-order valence-electron chi connectivity index (χ1n) is 8.74. The van der Waals surface area contributed by atoms with Crippen LogP contribution in [-0.2, 0) is 18.6 Å². The molecule has 3 rings (SSSR count). The van der Waals surface area contributed by atoms with E-state index in [9.17, 15) is 5.11 Å². The van der Waals surface area contributed by atoms with Gasteiger partial charge in [-0.1, -0.05) is 20.8 Å². The Balaban J connectivity index is 1.73. The molecule has 23 heavy (non-hydrogen) atoms. The number of ether oxygens (including phenoxy) is 3. The van der Waals surface area contributed by atoms with Crippen LogP contribution in [0.4, 0.5) is 0 Å². The van der Waals surface area contributed by atoms with Crippen molar-refractivity contribution >= 4 is 8.32 Å². The Morgan fingerprint density at radius 2 is 1.78 bits per heavy atom. The molecule has 0 amide bonds. The molecule has 0 aromatic carbocycles. The first-order valence-corrected chi connectivity index (χ1v) is 11.6. The minimum atomic E-state index is -1.89. The summed E-state index contributed by atoms with van der Waals surface area (Å²) in [6, 6.07) is 0. The van der Waals surface area contributed by atoms with Crippen LogP contribution in [0.15, 0.2) is 0 Å². The van der Waals surface area contributed by atoms with Crippen molar-refractivity contribution < 1.29 is 23.7 Å². The molecule has 3 fully saturated rings. The third-order valence-electron chi connectivity index (χ3n) is 5.96. The Morgan fingerprint density at radius 1 is 1.17 bits per heavy atom. The van der Waals surface area contributed by atoms with Crippen LogP contribution in [0.1, 0.15) is 47.5 Å². The summed E-state index contributed by atoms with van der Waals surface area (Å²) in [6.07, 6.45) is 0.740. The number of aliphatic hydroxyl groups is 1. The minimum absolute atomic E-state index is 0.133. The summed E-state index contributed by atoms with van der Waals surface area (Å²) in [5.74, 6) is -0.480. The first kappa shape index (κ1) is 17.8. The molecule has 5 nitrogen and oxygen atoms in total. The van der Waals surface area contributed by atoms with E-state index in [1.807, 2.05) is 13.8 Å². The normalized spacial score (nSPS) is 40.4. The topological polar surface area (TPSA) is 57.2 Å². The van der Waals surface area contributed by atoms with E-state index in [2.05, 4.69) is 33.9 Å². The maximum absolute atomic E-state index is 11.4. The Morgan fingerprint density at radius 3 is 2.30 bits per heavy atom. The van der Waals surface area contributed by atoms with Crippen LogP contribution in [0.3, 0.4) is 0 Å². The molecule has 0 unspecified atom stereocenters. The predicted molar refractivity (Wildman–Crippen MR) is 89.5 cm³/mol. The molecule has 134 valence electrons. The molecular formula is C17H32O5Si. The van der Waals surface area contributed by atoms with Gasteiger partial charge in [-0.3, -0.25) is 0 Å². The zero-order chi connectivity index (χ0) is 17.3. The third kappa shape index (κ3) is 3.02. The molecule has 0 aromatic heterocycles. The quantitative estimate of drug-likeness (QED) is 0.795. The molecule has 2 saturated heterocycles. The van der Waals surface area contributed by atoms with Crippen molar-refractivity contribution in [3.63, 3.8) is 0 Å². The van der Waals surface area contributed by atoms with Crippen molar-refractivity contribution in [3.05, 3.63) is 0 Å². The standard InChI is InChI=1S/C17H32O5Si/c1-15(2,3)23(6,7)19-10-12-17(18,11-8-9-11)13-14(20-12)22-16(4,5)21-13/h11-14,18H,8-10H2,1-7H3/t12-,13+,14-,17-/m1/s1. The van der Waals surface area contributed by atoms with E-state index in [0.29, 0.717) is 6.61 Å². The molecule has 0 aromatic rings. The lowest BCUT2D eigenvalue weighted by Crippen LogP contribution is -2.54. The zero-order valence-electron chi connectivity index (χ0n) is 15.5. The highest BCUT2D eigenvalue weighted by molar-refractivity contribution is 6.74. The van der Waals surface area contributed by atoms with Gasteiger partial charge in [0.1, 0.15) is 17.8 Å². The fraction of sp³-hybridized carbons (Fsp3) is 1.00. The SMILES string of the molecule is CC1(C)O[C@H]2O[C@H](CO[Si](C)(C)C(C)(C)C)[C@](O)(C3CC3)[C@H]2O1. The van der Waals surface area contributed by atoms with Crippen LogP contribution >= 0.6 is 0 Å². The Bertz CT molecular complexity index is 468. The van der Waals surface area contributed by atoms with E-state index < -0.39 is 32.1 Å². The van der Waals surface area contributed by atoms with E-state index in [0.717, 1.165) is 12.8 Å². The van der Waals surface area contributed by atoms with Crippen LogP contribution in [0.5, 0.6) is 0 Å². The maximum Gasteiger partial charge on any atom is 0.192 e. The Hall–Kier alpha value is 0.0169. The summed E-state index contributed by atoms with van der Waals surface area (Å²) in [6.45, 7) is 15.2. The van der Waals surface area contributed by atoms with E-state index in [1.165, 1.54) is 0 Å². The zero-order valence-corrected chi connectivity index (χ0v) is 16.5. The van der Waals surface area contributed by atoms with E-state index in [-0.39, 0.29) is 17.1 Å². The molecule has 1 N–H and O–H groups in total. The monoisotopic (exact) mass is 344 g/mol. The molecule has 2 heterocycles. The number of hydrogen-bond donors (Lipinski definition) is 1. The van der Waals surface area contributed by atoms with Crippen LogP contribution in [0.2, 0.25) is 18.1 Å². The summed E-state index contributed by atoms with van der Waals surface area (Å²) in [5, 5.41) is 11.5. The lowest BCUT2D eigenvalue weighted by molar-refractivity contribution is -0.235. The maximum atomic E-state index is 11.4. The van der Waals surface area contributed by atoms with Gasteiger partial charge in [-0.2, -0.15) is 0 Å². The van der Waals surface area contributed by atoms with E-state index >= 15 is 0 Å². The molecule has 1 saturated carbocycles. The van der Waals surface area contributed by atoms with Gasteiger partial charge >= 0.3 is 0 Å². The highest BCUT2D eigenvalue weighted by Crippen LogP contribution is 2.53.